The third-order valence-corrected chi connectivity index (χ3v) is 4.16. The van der Waals surface area contributed by atoms with Crippen molar-refractivity contribution in [3.8, 4) is 0 Å². The maximum absolute atomic E-state index is 10.9. The lowest BCUT2D eigenvalue weighted by atomic mass is 10.1. The van der Waals surface area contributed by atoms with Gasteiger partial charge in [-0.05, 0) is 49.1 Å². The molecule has 2 aliphatic rings. The van der Waals surface area contributed by atoms with Crippen LogP contribution in [-0.4, -0.2) is 22.9 Å². The Morgan fingerprint density at radius 3 is 2.30 bits per heavy atom. The van der Waals surface area contributed by atoms with Crippen molar-refractivity contribution in [1.29, 1.82) is 0 Å². The molecule has 0 heterocycles. The minimum Gasteiger partial charge on any atom is -0.398 e. The molecule has 1 aromatic rings. The van der Waals surface area contributed by atoms with Gasteiger partial charge in [0.25, 0.3) is 5.69 Å². The molecule has 2 aliphatic carbocycles. The van der Waals surface area contributed by atoms with Gasteiger partial charge in [-0.1, -0.05) is 0 Å². The smallest absolute Gasteiger partial charge is 0.269 e. The Balaban J connectivity index is 1.71. The zero-order chi connectivity index (χ0) is 14.1. The van der Waals surface area contributed by atoms with Gasteiger partial charge in [-0.15, -0.1) is 0 Å². The molecule has 0 bridgehead atoms. The summed E-state index contributed by atoms with van der Waals surface area (Å²) < 4.78 is 0. The molecule has 20 heavy (non-hydrogen) atoms. The highest BCUT2D eigenvalue weighted by molar-refractivity contribution is 5.52. The van der Waals surface area contributed by atoms with Crippen LogP contribution < -0.4 is 5.73 Å². The van der Waals surface area contributed by atoms with E-state index in [1.54, 1.807) is 12.1 Å². The molecule has 0 saturated heterocycles. The van der Waals surface area contributed by atoms with Gasteiger partial charge in [0.1, 0.15) is 0 Å². The number of nitrogens with zero attached hydrogens (tertiary/aromatic N) is 2. The lowest BCUT2D eigenvalue weighted by molar-refractivity contribution is -0.384. The SMILES string of the molecule is Nc1ccc([N+](=O)[O-])cc1CN(CC1CC1)CC1CC1. The summed E-state index contributed by atoms with van der Waals surface area (Å²) in [6.07, 6.45) is 5.30. The molecule has 0 aromatic heterocycles. The number of rotatable bonds is 7. The maximum Gasteiger partial charge on any atom is 0.269 e. The first kappa shape index (κ1) is 13.4. The summed E-state index contributed by atoms with van der Waals surface area (Å²) in [5, 5.41) is 10.9. The van der Waals surface area contributed by atoms with Gasteiger partial charge in [-0.3, -0.25) is 15.0 Å². The lowest BCUT2D eigenvalue weighted by Crippen LogP contribution is -2.28. The largest absolute Gasteiger partial charge is 0.398 e. The number of nitrogens with two attached hydrogens (primary N) is 1. The third kappa shape index (κ3) is 3.48. The highest BCUT2D eigenvalue weighted by Crippen LogP contribution is 2.34. The Bertz CT molecular complexity index is 496. The Morgan fingerprint density at radius 2 is 1.80 bits per heavy atom. The van der Waals surface area contributed by atoms with Gasteiger partial charge in [-0.2, -0.15) is 0 Å². The van der Waals surface area contributed by atoms with E-state index in [0.717, 1.165) is 37.0 Å². The van der Waals surface area contributed by atoms with Crippen molar-refractivity contribution in [2.24, 2.45) is 11.8 Å². The lowest BCUT2D eigenvalue weighted by Gasteiger charge is -2.22. The summed E-state index contributed by atoms with van der Waals surface area (Å²) in [6.45, 7) is 2.96. The van der Waals surface area contributed by atoms with E-state index < -0.39 is 0 Å². The number of hydrogen-bond donors (Lipinski definition) is 1. The molecule has 0 amide bonds. The van der Waals surface area contributed by atoms with E-state index in [9.17, 15) is 10.1 Å². The number of non-ortho nitro benzene ring substituents is 1. The second kappa shape index (κ2) is 5.40. The van der Waals surface area contributed by atoms with Crippen molar-refractivity contribution in [1.82, 2.24) is 4.90 Å². The third-order valence-electron chi connectivity index (χ3n) is 4.16. The molecular formula is C15H21N3O2. The second-order valence-electron chi connectivity index (χ2n) is 6.22. The highest BCUT2D eigenvalue weighted by Gasteiger charge is 2.29. The number of nitro groups is 1. The summed E-state index contributed by atoms with van der Waals surface area (Å²) in [5.41, 5.74) is 7.66. The fourth-order valence-corrected chi connectivity index (χ4v) is 2.62. The quantitative estimate of drug-likeness (QED) is 0.472. The van der Waals surface area contributed by atoms with Crippen LogP contribution in [0.15, 0.2) is 18.2 Å². The van der Waals surface area contributed by atoms with Gasteiger partial charge in [-0.25, -0.2) is 0 Å². The molecule has 0 radical (unpaired) electrons. The van der Waals surface area contributed by atoms with Gasteiger partial charge in [0, 0.05) is 37.5 Å². The molecule has 2 fully saturated rings. The summed E-state index contributed by atoms with van der Waals surface area (Å²) in [5.74, 6) is 1.65. The van der Waals surface area contributed by atoms with E-state index in [2.05, 4.69) is 4.90 Å². The van der Waals surface area contributed by atoms with Gasteiger partial charge in [0.15, 0.2) is 0 Å². The molecular weight excluding hydrogens is 254 g/mol. The first-order valence-corrected chi connectivity index (χ1v) is 7.37. The van der Waals surface area contributed by atoms with Crippen LogP contribution >= 0.6 is 0 Å². The monoisotopic (exact) mass is 275 g/mol. The zero-order valence-corrected chi connectivity index (χ0v) is 11.6. The predicted molar refractivity (Wildman–Crippen MR) is 78.2 cm³/mol. The van der Waals surface area contributed by atoms with Crippen molar-refractivity contribution in [2.75, 3.05) is 18.8 Å². The van der Waals surface area contributed by atoms with E-state index in [0.29, 0.717) is 5.69 Å². The molecule has 0 spiro atoms. The molecule has 0 atom stereocenters. The summed E-state index contributed by atoms with van der Waals surface area (Å²) in [6, 6.07) is 4.76. The first-order valence-electron chi connectivity index (χ1n) is 7.37. The Hall–Kier alpha value is -1.62. The number of hydrogen-bond acceptors (Lipinski definition) is 4. The topological polar surface area (TPSA) is 72.4 Å². The zero-order valence-electron chi connectivity index (χ0n) is 11.6. The molecule has 0 unspecified atom stereocenters. The Kier molecular flexibility index (Phi) is 3.61. The molecule has 3 rings (SSSR count). The minimum atomic E-state index is -0.352. The van der Waals surface area contributed by atoms with E-state index in [1.165, 1.54) is 31.7 Å². The van der Waals surface area contributed by atoms with Crippen molar-refractivity contribution < 1.29 is 4.92 Å². The van der Waals surface area contributed by atoms with Gasteiger partial charge in [0.05, 0.1) is 4.92 Å². The molecule has 2 N–H and O–H groups in total. The van der Waals surface area contributed by atoms with Gasteiger partial charge < -0.3 is 5.73 Å². The summed E-state index contributed by atoms with van der Waals surface area (Å²) in [4.78, 5) is 13.0. The van der Waals surface area contributed by atoms with E-state index in [1.807, 2.05) is 0 Å². The normalized spacial score (nSPS) is 18.4. The van der Waals surface area contributed by atoms with E-state index >= 15 is 0 Å². The standard InChI is InChI=1S/C15H21N3O2/c16-15-6-5-14(18(19)20)7-13(15)10-17(8-11-1-2-11)9-12-3-4-12/h5-7,11-12H,1-4,8-10,16H2. The van der Waals surface area contributed by atoms with Crippen molar-refractivity contribution in [3.05, 3.63) is 33.9 Å². The van der Waals surface area contributed by atoms with Gasteiger partial charge in [0.2, 0.25) is 0 Å². The fourth-order valence-electron chi connectivity index (χ4n) is 2.62. The summed E-state index contributed by atoms with van der Waals surface area (Å²) in [7, 11) is 0. The number of anilines is 1. The second-order valence-corrected chi connectivity index (χ2v) is 6.22. The average molecular weight is 275 g/mol. The summed E-state index contributed by atoms with van der Waals surface area (Å²) >= 11 is 0. The fraction of sp³-hybridized carbons (Fsp3) is 0.600. The molecule has 5 nitrogen and oxygen atoms in total. The number of nitro benzene ring substituents is 1. The van der Waals surface area contributed by atoms with Crippen molar-refractivity contribution in [2.45, 2.75) is 32.2 Å². The molecule has 2 saturated carbocycles. The van der Waals surface area contributed by atoms with Crippen LogP contribution in [-0.2, 0) is 6.54 Å². The van der Waals surface area contributed by atoms with Crippen LogP contribution in [0.25, 0.3) is 0 Å². The highest BCUT2D eigenvalue weighted by atomic mass is 16.6. The number of benzene rings is 1. The molecule has 108 valence electrons. The first-order chi connectivity index (χ1) is 9.61. The van der Waals surface area contributed by atoms with Crippen LogP contribution in [0.4, 0.5) is 11.4 Å². The number of nitrogen functional groups attached to an aromatic ring is 1. The maximum atomic E-state index is 10.9. The van der Waals surface area contributed by atoms with Crippen LogP contribution in [0.3, 0.4) is 0 Å². The van der Waals surface area contributed by atoms with Crippen molar-refractivity contribution in [3.63, 3.8) is 0 Å². The van der Waals surface area contributed by atoms with Crippen LogP contribution in [0, 0.1) is 22.0 Å². The average Bonchev–Trinajstić information content (AvgIpc) is 3.27. The van der Waals surface area contributed by atoms with E-state index in [-0.39, 0.29) is 10.6 Å². The Labute approximate surface area is 118 Å². The van der Waals surface area contributed by atoms with E-state index in [4.69, 9.17) is 5.73 Å². The van der Waals surface area contributed by atoms with Crippen LogP contribution in [0.2, 0.25) is 0 Å². The predicted octanol–water partition coefficient (Wildman–Crippen LogP) is 2.80. The molecule has 0 aliphatic heterocycles. The van der Waals surface area contributed by atoms with Crippen LogP contribution in [0.5, 0.6) is 0 Å². The minimum absolute atomic E-state index is 0.131. The molecule has 5 heteroatoms. The van der Waals surface area contributed by atoms with Crippen LogP contribution in [0.1, 0.15) is 31.2 Å². The van der Waals surface area contributed by atoms with Gasteiger partial charge >= 0.3 is 0 Å². The van der Waals surface area contributed by atoms with Crippen molar-refractivity contribution >= 4 is 11.4 Å². The molecule has 1 aromatic carbocycles. The Morgan fingerprint density at radius 1 is 1.20 bits per heavy atom.